The van der Waals surface area contributed by atoms with Crippen molar-refractivity contribution in [3.63, 3.8) is 0 Å². The van der Waals surface area contributed by atoms with Crippen LogP contribution in [0.2, 0.25) is 0 Å². The second-order valence-corrected chi connectivity index (χ2v) is 4.76. The summed E-state index contributed by atoms with van der Waals surface area (Å²) in [5.74, 6) is -0.681. The molecule has 1 unspecified atom stereocenters. The molecule has 1 atom stereocenters. The Morgan fingerprint density at radius 2 is 1.95 bits per heavy atom. The van der Waals surface area contributed by atoms with Crippen LogP contribution in [0.25, 0.3) is 0 Å². The SMILES string of the molecule is COC(=O)CC(NC(=O)CN)c1ccc(SC)cc1.Cl. The molecule has 1 aromatic rings. The maximum Gasteiger partial charge on any atom is 0.307 e. The van der Waals surface area contributed by atoms with E-state index < -0.39 is 6.04 Å². The number of ether oxygens (including phenoxy) is 1. The van der Waals surface area contributed by atoms with Crippen molar-refractivity contribution in [1.82, 2.24) is 5.32 Å². The van der Waals surface area contributed by atoms with E-state index >= 15 is 0 Å². The monoisotopic (exact) mass is 318 g/mol. The maximum atomic E-state index is 11.4. The highest BCUT2D eigenvalue weighted by Gasteiger charge is 2.18. The number of nitrogens with one attached hydrogen (secondary N) is 1. The first-order valence-corrected chi connectivity index (χ1v) is 7.03. The normalized spacial score (nSPS) is 11.2. The van der Waals surface area contributed by atoms with E-state index in [1.54, 1.807) is 11.8 Å². The second kappa shape index (κ2) is 9.63. The van der Waals surface area contributed by atoms with Gasteiger partial charge in [-0.1, -0.05) is 12.1 Å². The summed E-state index contributed by atoms with van der Waals surface area (Å²) < 4.78 is 4.64. The Balaban J connectivity index is 0.00000361. The Kier molecular flexibility index (Phi) is 9.03. The highest BCUT2D eigenvalue weighted by Crippen LogP contribution is 2.21. The zero-order chi connectivity index (χ0) is 14.3. The average Bonchev–Trinajstić information content (AvgIpc) is 2.46. The highest BCUT2D eigenvalue weighted by atomic mass is 35.5. The molecule has 20 heavy (non-hydrogen) atoms. The van der Waals surface area contributed by atoms with Crippen LogP contribution in [-0.4, -0.2) is 31.8 Å². The molecule has 0 fully saturated rings. The molecule has 7 heteroatoms. The van der Waals surface area contributed by atoms with E-state index in [2.05, 4.69) is 10.1 Å². The Hall–Kier alpha value is -1.24. The van der Waals surface area contributed by atoms with E-state index in [0.29, 0.717) is 0 Å². The van der Waals surface area contributed by atoms with Gasteiger partial charge in [0.15, 0.2) is 0 Å². The van der Waals surface area contributed by atoms with Crippen molar-refractivity contribution in [2.75, 3.05) is 19.9 Å². The van der Waals surface area contributed by atoms with E-state index in [4.69, 9.17) is 5.73 Å². The number of carbonyl (C=O) groups is 2. The van der Waals surface area contributed by atoms with Crippen molar-refractivity contribution >= 4 is 36.0 Å². The lowest BCUT2D eigenvalue weighted by Crippen LogP contribution is -2.34. The number of hydrogen-bond donors (Lipinski definition) is 2. The molecule has 1 amide bonds. The van der Waals surface area contributed by atoms with Crippen molar-refractivity contribution in [2.24, 2.45) is 5.73 Å². The summed E-state index contributed by atoms with van der Waals surface area (Å²) in [6.45, 7) is -0.111. The van der Waals surface area contributed by atoms with Gasteiger partial charge in [-0.25, -0.2) is 0 Å². The summed E-state index contributed by atoms with van der Waals surface area (Å²) in [5, 5.41) is 2.71. The summed E-state index contributed by atoms with van der Waals surface area (Å²) in [6, 6.07) is 7.24. The number of amides is 1. The molecule has 1 rings (SSSR count). The van der Waals surface area contributed by atoms with Crippen LogP contribution in [0.15, 0.2) is 29.2 Å². The van der Waals surface area contributed by atoms with Crippen LogP contribution in [0.5, 0.6) is 0 Å². The molecule has 0 heterocycles. The third-order valence-electron chi connectivity index (χ3n) is 2.64. The summed E-state index contributed by atoms with van der Waals surface area (Å²) in [5.41, 5.74) is 6.13. The molecule has 0 aliphatic heterocycles. The van der Waals surface area contributed by atoms with E-state index in [1.807, 2.05) is 30.5 Å². The third kappa shape index (κ3) is 5.81. The van der Waals surface area contributed by atoms with Gasteiger partial charge in [-0.15, -0.1) is 24.2 Å². The van der Waals surface area contributed by atoms with Crippen LogP contribution >= 0.6 is 24.2 Å². The lowest BCUT2D eigenvalue weighted by molar-refractivity contribution is -0.141. The maximum absolute atomic E-state index is 11.4. The number of methoxy groups -OCH3 is 1. The van der Waals surface area contributed by atoms with Gasteiger partial charge in [0.2, 0.25) is 5.91 Å². The van der Waals surface area contributed by atoms with Crippen molar-refractivity contribution in [3.05, 3.63) is 29.8 Å². The molecule has 0 aliphatic rings. The zero-order valence-electron chi connectivity index (χ0n) is 11.4. The van der Waals surface area contributed by atoms with Crippen LogP contribution in [0.4, 0.5) is 0 Å². The molecule has 5 nitrogen and oxygen atoms in total. The Labute approximate surface area is 129 Å². The first-order valence-electron chi connectivity index (χ1n) is 5.81. The van der Waals surface area contributed by atoms with Crippen molar-refractivity contribution in [2.45, 2.75) is 17.4 Å². The standard InChI is InChI=1S/C13H18N2O3S.ClH/c1-18-13(17)7-11(15-12(16)8-14)9-3-5-10(19-2)6-4-9;/h3-6,11H,7-8,14H2,1-2H3,(H,15,16);1H. The van der Waals surface area contributed by atoms with Crippen LogP contribution in [0.1, 0.15) is 18.0 Å². The molecule has 0 aliphatic carbocycles. The number of nitrogens with two attached hydrogens (primary N) is 1. The van der Waals surface area contributed by atoms with Crippen LogP contribution in [0, 0.1) is 0 Å². The molecule has 0 aromatic heterocycles. The highest BCUT2D eigenvalue weighted by molar-refractivity contribution is 7.98. The van der Waals surface area contributed by atoms with Crippen molar-refractivity contribution in [1.29, 1.82) is 0 Å². The largest absolute Gasteiger partial charge is 0.469 e. The Bertz CT molecular complexity index is 422. The van der Waals surface area contributed by atoms with Crippen LogP contribution < -0.4 is 11.1 Å². The molecule has 1 aromatic carbocycles. The van der Waals surface area contributed by atoms with Gasteiger partial charge in [0.25, 0.3) is 0 Å². The van der Waals surface area contributed by atoms with Gasteiger partial charge in [0.05, 0.1) is 26.1 Å². The summed E-state index contributed by atoms with van der Waals surface area (Å²) in [7, 11) is 1.32. The molecule has 0 spiro atoms. The summed E-state index contributed by atoms with van der Waals surface area (Å²) in [4.78, 5) is 23.9. The van der Waals surface area contributed by atoms with Crippen LogP contribution in [0.3, 0.4) is 0 Å². The minimum Gasteiger partial charge on any atom is -0.469 e. The molecule has 0 bridgehead atoms. The average molecular weight is 319 g/mol. The van der Waals surface area contributed by atoms with E-state index in [0.717, 1.165) is 10.5 Å². The van der Waals surface area contributed by atoms with Gasteiger partial charge in [0.1, 0.15) is 0 Å². The summed E-state index contributed by atoms with van der Waals surface area (Å²) in [6.07, 6.45) is 2.07. The minimum absolute atomic E-state index is 0. The first-order chi connectivity index (χ1) is 9.10. The van der Waals surface area contributed by atoms with Crippen LogP contribution in [-0.2, 0) is 14.3 Å². The molecule has 0 saturated heterocycles. The lowest BCUT2D eigenvalue weighted by Gasteiger charge is -2.18. The van der Waals surface area contributed by atoms with E-state index in [9.17, 15) is 9.59 Å². The lowest BCUT2D eigenvalue weighted by atomic mass is 10.0. The number of benzene rings is 1. The Morgan fingerprint density at radius 3 is 2.40 bits per heavy atom. The molecule has 0 radical (unpaired) electrons. The third-order valence-corrected chi connectivity index (χ3v) is 3.38. The topological polar surface area (TPSA) is 81.4 Å². The van der Waals surface area contributed by atoms with Gasteiger partial charge in [-0.05, 0) is 24.0 Å². The molecule has 0 saturated carbocycles. The zero-order valence-corrected chi connectivity index (χ0v) is 13.1. The van der Waals surface area contributed by atoms with Gasteiger partial charge in [-0.3, -0.25) is 9.59 Å². The summed E-state index contributed by atoms with van der Waals surface area (Å²) >= 11 is 1.63. The van der Waals surface area contributed by atoms with Gasteiger partial charge in [-0.2, -0.15) is 0 Å². The van der Waals surface area contributed by atoms with Gasteiger partial charge in [0, 0.05) is 4.90 Å². The number of esters is 1. The minimum atomic E-state index is -0.417. The first kappa shape index (κ1) is 18.8. The Morgan fingerprint density at radius 1 is 1.35 bits per heavy atom. The molecule has 3 N–H and O–H groups in total. The van der Waals surface area contributed by atoms with Gasteiger partial charge < -0.3 is 15.8 Å². The fraction of sp³-hybridized carbons (Fsp3) is 0.385. The van der Waals surface area contributed by atoms with Gasteiger partial charge >= 0.3 is 5.97 Å². The predicted molar refractivity (Wildman–Crippen MR) is 82.0 cm³/mol. The number of halogens is 1. The molecular formula is C13H19ClN2O3S. The number of rotatable bonds is 6. The molecule has 112 valence electrons. The predicted octanol–water partition coefficient (Wildman–Crippen LogP) is 1.51. The van der Waals surface area contributed by atoms with E-state index in [-0.39, 0.29) is 37.2 Å². The van der Waals surface area contributed by atoms with E-state index in [1.165, 1.54) is 7.11 Å². The second-order valence-electron chi connectivity index (χ2n) is 3.88. The number of hydrogen-bond acceptors (Lipinski definition) is 5. The fourth-order valence-corrected chi connectivity index (χ4v) is 2.00. The number of thioether (sulfide) groups is 1. The number of carbonyl (C=O) groups excluding carboxylic acids is 2. The quantitative estimate of drug-likeness (QED) is 0.614. The molecular weight excluding hydrogens is 300 g/mol. The van der Waals surface area contributed by atoms with Crippen molar-refractivity contribution < 1.29 is 14.3 Å². The smallest absolute Gasteiger partial charge is 0.307 e. The fourth-order valence-electron chi connectivity index (χ4n) is 1.59. The van der Waals surface area contributed by atoms with Crippen molar-refractivity contribution in [3.8, 4) is 0 Å².